The van der Waals surface area contributed by atoms with Crippen molar-refractivity contribution in [3.63, 3.8) is 0 Å². The van der Waals surface area contributed by atoms with E-state index in [1.807, 2.05) is 18.2 Å². The molecular formula is C10H12O3S2. The SMILES string of the molecule is CCS(=O)(=O)Oc1cccccccs1. The van der Waals surface area contributed by atoms with Crippen LogP contribution >= 0.6 is 11.3 Å². The van der Waals surface area contributed by atoms with Gasteiger partial charge >= 0.3 is 10.1 Å². The zero-order chi connectivity index (χ0) is 11.1. The Kier molecular flexibility index (Phi) is 4.58. The van der Waals surface area contributed by atoms with Gasteiger partial charge in [0.2, 0.25) is 0 Å². The van der Waals surface area contributed by atoms with Gasteiger partial charge in [-0.25, -0.2) is 0 Å². The topological polar surface area (TPSA) is 43.4 Å². The summed E-state index contributed by atoms with van der Waals surface area (Å²) in [7, 11) is -3.44. The number of rotatable bonds is 3. The summed E-state index contributed by atoms with van der Waals surface area (Å²) in [6, 6.07) is 10.7. The van der Waals surface area contributed by atoms with Crippen LogP contribution in [0, 0.1) is 0 Å². The molecular weight excluding hydrogens is 232 g/mol. The van der Waals surface area contributed by atoms with E-state index in [4.69, 9.17) is 4.18 Å². The standard InChI is InChI=1S/C10H12O3S2/c1-2-15(11,12)13-10-8-6-4-3-5-7-9-14-10/h3-9H,2H2,1H3. The quantitative estimate of drug-likeness (QED) is 0.768. The summed E-state index contributed by atoms with van der Waals surface area (Å²) >= 11 is 1.23. The van der Waals surface area contributed by atoms with Gasteiger partial charge in [-0.2, -0.15) is 8.42 Å². The molecule has 0 aliphatic carbocycles. The lowest BCUT2D eigenvalue weighted by Gasteiger charge is -2.01. The molecule has 0 amide bonds. The van der Waals surface area contributed by atoms with E-state index in [0.717, 1.165) is 0 Å². The van der Waals surface area contributed by atoms with Crippen LogP contribution in [0.1, 0.15) is 6.92 Å². The summed E-state index contributed by atoms with van der Waals surface area (Å²) in [6.07, 6.45) is 0. The fraction of sp³-hybridized carbons (Fsp3) is 0.200. The summed E-state index contributed by atoms with van der Waals surface area (Å²) in [5.74, 6) is -0.0312. The smallest absolute Gasteiger partial charge is 0.309 e. The molecule has 0 atom stereocenters. The minimum Gasteiger partial charge on any atom is -0.371 e. The third-order valence-corrected chi connectivity index (χ3v) is 3.49. The van der Waals surface area contributed by atoms with Gasteiger partial charge < -0.3 is 4.18 Å². The van der Waals surface area contributed by atoms with Gasteiger partial charge in [0.25, 0.3) is 0 Å². The minimum absolute atomic E-state index is 0.0312. The van der Waals surface area contributed by atoms with Crippen molar-refractivity contribution in [2.45, 2.75) is 6.92 Å². The lowest BCUT2D eigenvalue weighted by atomic mass is 10.5. The normalized spacial score (nSPS) is 10.5. The van der Waals surface area contributed by atoms with E-state index < -0.39 is 10.1 Å². The van der Waals surface area contributed by atoms with Crippen molar-refractivity contribution >= 4 is 21.5 Å². The van der Waals surface area contributed by atoms with E-state index in [1.165, 1.54) is 11.3 Å². The summed E-state index contributed by atoms with van der Waals surface area (Å²) in [5, 5.41) is 2.12. The molecule has 0 aliphatic rings. The minimum atomic E-state index is -3.44. The van der Waals surface area contributed by atoms with Crippen LogP contribution in [0.5, 0.6) is 5.06 Å². The van der Waals surface area contributed by atoms with Gasteiger partial charge in [0.05, 0.1) is 5.75 Å². The fourth-order valence-corrected chi connectivity index (χ4v) is 2.10. The molecule has 15 heavy (non-hydrogen) atoms. The first-order valence-corrected chi connectivity index (χ1v) is 6.89. The van der Waals surface area contributed by atoms with Gasteiger partial charge in [0.15, 0.2) is 5.06 Å². The summed E-state index contributed by atoms with van der Waals surface area (Å²) in [6.45, 7) is 1.54. The van der Waals surface area contributed by atoms with Crippen LogP contribution in [0.15, 0.2) is 41.8 Å². The largest absolute Gasteiger partial charge is 0.371 e. The van der Waals surface area contributed by atoms with Crippen molar-refractivity contribution in [3.8, 4) is 5.06 Å². The highest BCUT2D eigenvalue weighted by atomic mass is 32.2. The van der Waals surface area contributed by atoms with E-state index in [2.05, 4.69) is 0 Å². The Labute approximate surface area is 93.8 Å². The first kappa shape index (κ1) is 12.0. The molecule has 1 heterocycles. The first-order valence-electron chi connectivity index (χ1n) is 4.43. The average Bonchev–Trinajstić information content (AvgIpc) is 2.31. The van der Waals surface area contributed by atoms with Crippen LogP contribution in [0.25, 0.3) is 0 Å². The highest BCUT2D eigenvalue weighted by molar-refractivity contribution is 7.87. The highest BCUT2D eigenvalue weighted by Crippen LogP contribution is 2.16. The molecule has 0 bridgehead atoms. The van der Waals surface area contributed by atoms with E-state index >= 15 is 0 Å². The van der Waals surface area contributed by atoms with Gasteiger partial charge in [-0.15, -0.1) is 11.3 Å². The Morgan fingerprint density at radius 2 is 1.87 bits per heavy atom. The molecule has 3 nitrogen and oxygen atoms in total. The Bertz CT molecular complexity index is 423. The highest BCUT2D eigenvalue weighted by Gasteiger charge is 2.07. The predicted octanol–water partition coefficient (Wildman–Crippen LogP) is 2.60. The van der Waals surface area contributed by atoms with Gasteiger partial charge in [-0.05, 0) is 18.4 Å². The van der Waals surface area contributed by atoms with Crippen LogP contribution in [-0.2, 0) is 10.1 Å². The van der Waals surface area contributed by atoms with E-state index in [0.29, 0.717) is 5.06 Å². The summed E-state index contributed by atoms with van der Waals surface area (Å²) < 4.78 is 27.3. The summed E-state index contributed by atoms with van der Waals surface area (Å²) in [5.41, 5.74) is 0. The molecule has 1 rings (SSSR count). The third-order valence-electron chi connectivity index (χ3n) is 1.50. The van der Waals surface area contributed by atoms with Crippen LogP contribution in [0.2, 0.25) is 0 Å². The Balaban J connectivity index is 3.02. The number of hydrogen-bond donors (Lipinski definition) is 0. The molecule has 5 heteroatoms. The van der Waals surface area contributed by atoms with Crippen molar-refractivity contribution < 1.29 is 12.6 Å². The molecule has 1 aromatic heterocycles. The first-order chi connectivity index (χ1) is 7.14. The zero-order valence-corrected chi connectivity index (χ0v) is 9.92. The Hall–Kier alpha value is -1.07. The lowest BCUT2D eigenvalue weighted by molar-refractivity contribution is 0.493. The molecule has 0 saturated carbocycles. The molecule has 0 radical (unpaired) electrons. The molecule has 0 aliphatic heterocycles. The van der Waals surface area contributed by atoms with Crippen molar-refractivity contribution in [1.29, 1.82) is 0 Å². The molecule has 0 N–H and O–H groups in total. The third kappa shape index (κ3) is 4.80. The van der Waals surface area contributed by atoms with Crippen molar-refractivity contribution in [1.82, 2.24) is 0 Å². The zero-order valence-electron chi connectivity index (χ0n) is 8.29. The summed E-state index contributed by atoms with van der Waals surface area (Å²) in [4.78, 5) is 0. The van der Waals surface area contributed by atoms with Crippen molar-refractivity contribution in [3.05, 3.63) is 41.8 Å². The molecule has 0 unspecified atom stereocenters. The van der Waals surface area contributed by atoms with Crippen LogP contribution < -0.4 is 4.18 Å². The van der Waals surface area contributed by atoms with Gasteiger partial charge in [-0.1, -0.05) is 30.3 Å². The maximum atomic E-state index is 11.2. The van der Waals surface area contributed by atoms with E-state index in [-0.39, 0.29) is 5.75 Å². The van der Waals surface area contributed by atoms with Crippen molar-refractivity contribution in [2.75, 3.05) is 5.75 Å². The average molecular weight is 244 g/mol. The van der Waals surface area contributed by atoms with Crippen molar-refractivity contribution in [2.24, 2.45) is 0 Å². The van der Waals surface area contributed by atoms with Gasteiger partial charge in [0, 0.05) is 0 Å². The maximum absolute atomic E-state index is 11.2. The molecule has 0 saturated heterocycles. The fourth-order valence-electron chi connectivity index (χ4n) is 0.749. The molecule has 0 aromatic carbocycles. The molecule has 0 fully saturated rings. The second-order valence-electron chi connectivity index (χ2n) is 2.63. The van der Waals surface area contributed by atoms with Crippen LogP contribution in [0.4, 0.5) is 0 Å². The number of hydrogen-bond acceptors (Lipinski definition) is 4. The Morgan fingerprint density at radius 1 is 1.20 bits per heavy atom. The lowest BCUT2D eigenvalue weighted by Crippen LogP contribution is -2.10. The van der Waals surface area contributed by atoms with E-state index in [1.54, 1.807) is 30.5 Å². The predicted molar refractivity (Wildman–Crippen MR) is 62.0 cm³/mol. The van der Waals surface area contributed by atoms with Gasteiger partial charge in [-0.3, -0.25) is 0 Å². The molecule has 0 spiro atoms. The maximum Gasteiger partial charge on any atom is 0.309 e. The second kappa shape index (κ2) is 5.72. The van der Waals surface area contributed by atoms with Gasteiger partial charge in [0.1, 0.15) is 0 Å². The van der Waals surface area contributed by atoms with E-state index in [9.17, 15) is 8.42 Å². The monoisotopic (exact) mass is 244 g/mol. The van der Waals surface area contributed by atoms with Crippen LogP contribution in [-0.4, -0.2) is 14.2 Å². The molecule has 1 aromatic rings. The second-order valence-corrected chi connectivity index (χ2v) is 5.40. The Morgan fingerprint density at radius 3 is 2.60 bits per heavy atom. The van der Waals surface area contributed by atoms with Crippen LogP contribution in [0.3, 0.4) is 0 Å². The molecule has 82 valence electrons.